The number of anilines is 1. The van der Waals surface area contributed by atoms with E-state index in [4.69, 9.17) is 0 Å². The summed E-state index contributed by atoms with van der Waals surface area (Å²) in [6.45, 7) is 5.22. The van der Waals surface area contributed by atoms with E-state index in [9.17, 15) is 27.6 Å². The van der Waals surface area contributed by atoms with E-state index < -0.39 is 35.1 Å². The zero-order valence-corrected chi connectivity index (χ0v) is 16.8. The number of nitrogens with zero attached hydrogens (tertiary/aromatic N) is 1. The van der Waals surface area contributed by atoms with Crippen LogP contribution in [0.3, 0.4) is 0 Å². The largest absolute Gasteiger partial charge is 0.431 e. The van der Waals surface area contributed by atoms with E-state index in [-0.39, 0.29) is 22.2 Å². The Bertz CT molecular complexity index is 1250. The van der Waals surface area contributed by atoms with Crippen LogP contribution in [0.4, 0.5) is 18.9 Å². The molecule has 4 rings (SSSR count). The fourth-order valence-corrected chi connectivity index (χ4v) is 3.56. The number of hydrogen-bond donors (Lipinski definition) is 2. The number of benzene rings is 2. The fourth-order valence-electron chi connectivity index (χ4n) is 3.56. The van der Waals surface area contributed by atoms with Crippen molar-refractivity contribution in [2.45, 2.75) is 32.5 Å². The SMILES string of the molecule is CC(C)(C)N1C(=O)c2ccc(C(=O)Nc3ccc4[nH]c(C(F)(F)F)cc4c3)cc2C1=O. The Balaban J connectivity index is 1.60. The van der Waals surface area contributed by atoms with E-state index in [0.717, 1.165) is 11.0 Å². The third-order valence-corrected chi connectivity index (χ3v) is 5.00. The lowest BCUT2D eigenvalue weighted by Gasteiger charge is -2.29. The molecule has 1 aliphatic rings. The number of fused-ring (bicyclic) bond motifs is 2. The first-order valence-corrected chi connectivity index (χ1v) is 9.40. The molecule has 2 aromatic carbocycles. The van der Waals surface area contributed by atoms with Crippen LogP contribution >= 0.6 is 0 Å². The first kappa shape index (κ1) is 20.6. The molecule has 1 aliphatic heterocycles. The Labute approximate surface area is 175 Å². The second-order valence-corrected chi connectivity index (χ2v) is 8.31. The predicted molar refractivity (Wildman–Crippen MR) is 108 cm³/mol. The van der Waals surface area contributed by atoms with Crippen LogP contribution in [0.25, 0.3) is 10.9 Å². The Morgan fingerprint density at radius 2 is 1.61 bits per heavy atom. The van der Waals surface area contributed by atoms with Crippen molar-refractivity contribution >= 4 is 34.3 Å². The molecule has 0 atom stereocenters. The summed E-state index contributed by atoms with van der Waals surface area (Å²) in [4.78, 5) is 41.4. The molecule has 0 radical (unpaired) electrons. The van der Waals surface area contributed by atoms with Crippen molar-refractivity contribution in [3.05, 3.63) is 64.8 Å². The number of alkyl halides is 3. The summed E-state index contributed by atoms with van der Waals surface area (Å²) in [5.41, 5.74) is -0.485. The van der Waals surface area contributed by atoms with Gasteiger partial charge in [-0.25, -0.2) is 0 Å². The number of imide groups is 1. The van der Waals surface area contributed by atoms with Crippen LogP contribution in [0, 0.1) is 0 Å². The molecule has 2 N–H and O–H groups in total. The van der Waals surface area contributed by atoms with Gasteiger partial charge in [0, 0.05) is 27.7 Å². The minimum atomic E-state index is -4.50. The van der Waals surface area contributed by atoms with Crippen LogP contribution < -0.4 is 5.32 Å². The third kappa shape index (κ3) is 3.56. The van der Waals surface area contributed by atoms with Crippen LogP contribution in [0.5, 0.6) is 0 Å². The molecule has 2 heterocycles. The highest BCUT2D eigenvalue weighted by molar-refractivity contribution is 6.22. The maximum atomic E-state index is 12.9. The number of carbonyl (C=O) groups is 3. The number of hydrogen-bond acceptors (Lipinski definition) is 3. The number of aromatic amines is 1. The monoisotopic (exact) mass is 429 g/mol. The molecule has 9 heteroatoms. The zero-order chi connectivity index (χ0) is 22.7. The molecule has 3 aromatic rings. The molecule has 3 amide bonds. The third-order valence-electron chi connectivity index (χ3n) is 5.00. The Kier molecular flexibility index (Phi) is 4.46. The van der Waals surface area contributed by atoms with Gasteiger partial charge >= 0.3 is 6.18 Å². The molecule has 31 heavy (non-hydrogen) atoms. The molecule has 0 spiro atoms. The van der Waals surface area contributed by atoms with E-state index in [1.54, 1.807) is 20.8 Å². The highest BCUT2D eigenvalue weighted by Crippen LogP contribution is 2.32. The summed E-state index contributed by atoms with van der Waals surface area (Å²) in [6, 6.07) is 9.51. The molecule has 0 fully saturated rings. The summed E-state index contributed by atoms with van der Waals surface area (Å²) < 4.78 is 38.6. The summed E-state index contributed by atoms with van der Waals surface area (Å²) in [7, 11) is 0. The molecule has 0 saturated heterocycles. The van der Waals surface area contributed by atoms with Gasteiger partial charge in [-0.05, 0) is 63.2 Å². The van der Waals surface area contributed by atoms with E-state index in [1.807, 2.05) is 0 Å². The molecular weight excluding hydrogens is 411 g/mol. The Morgan fingerprint density at radius 1 is 0.935 bits per heavy atom. The van der Waals surface area contributed by atoms with Crippen molar-refractivity contribution < 1.29 is 27.6 Å². The second kappa shape index (κ2) is 6.69. The van der Waals surface area contributed by atoms with Gasteiger partial charge < -0.3 is 10.3 Å². The van der Waals surface area contributed by atoms with Crippen LogP contribution in [-0.4, -0.2) is 33.1 Å². The normalized spacial score (nSPS) is 14.3. The Hall–Kier alpha value is -3.62. The molecule has 0 bridgehead atoms. The number of H-pyrrole nitrogens is 1. The zero-order valence-electron chi connectivity index (χ0n) is 16.8. The molecule has 0 aliphatic carbocycles. The van der Waals surface area contributed by atoms with Crippen LogP contribution in [0.2, 0.25) is 0 Å². The van der Waals surface area contributed by atoms with Crippen molar-refractivity contribution in [1.29, 1.82) is 0 Å². The molecular formula is C22H18F3N3O3. The number of aromatic nitrogens is 1. The lowest BCUT2D eigenvalue weighted by Crippen LogP contribution is -2.45. The summed E-state index contributed by atoms with van der Waals surface area (Å²) in [5, 5.41) is 2.91. The van der Waals surface area contributed by atoms with E-state index in [1.165, 1.54) is 36.4 Å². The van der Waals surface area contributed by atoms with Crippen LogP contribution in [0.1, 0.15) is 57.5 Å². The number of nitrogens with one attached hydrogen (secondary N) is 2. The van der Waals surface area contributed by atoms with Gasteiger partial charge in [0.25, 0.3) is 17.7 Å². The van der Waals surface area contributed by atoms with Crippen molar-refractivity contribution in [1.82, 2.24) is 9.88 Å². The lowest BCUT2D eigenvalue weighted by atomic mass is 10.1. The van der Waals surface area contributed by atoms with Gasteiger partial charge in [-0.3, -0.25) is 19.3 Å². The van der Waals surface area contributed by atoms with Crippen LogP contribution in [0.15, 0.2) is 42.5 Å². The van der Waals surface area contributed by atoms with E-state index in [0.29, 0.717) is 11.1 Å². The van der Waals surface area contributed by atoms with Crippen LogP contribution in [-0.2, 0) is 6.18 Å². The summed E-state index contributed by atoms with van der Waals surface area (Å²) >= 11 is 0. The topological polar surface area (TPSA) is 82.3 Å². The fraction of sp³-hybridized carbons (Fsp3) is 0.227. The number of carbonyl (C=O) groups excluding carboxylic acids is 3. The Morgan fingerprint density at radius 3 is 2.26 bits per heavy atom. The summed E-state index contributed by atoms with van der Waals surface area (Å²) in [6.07, 6.45) is -4.50. The molecule has 0 unspecified atom stereocenters. The highest BCUT2D eigenvalue weighted by atomic mass is 19.4. The number of halogens is 3. The van der Waals surface area contributed by atoms with Gasteiger partial charge in [-0.1, -0.05) is 0 Å². The first-order chi connectivity index (χ1) is 14.4. The molecule has 1 aromatic heterocycles. The lowest BCUT2D eigenvalue weighted by molar-refractivity contribution is -0.140. The van der Waals surface area contributed by atoms with Gasteiger partial charge in [-0.2, -0.15) is 13.2 Å². The van der Waals surface area contributed by atoms with Gasteiger partial charge in [0.15, 0.2) is 0 Å². The minimum Gasteiger partial charge on any atom is -0.351 e. The smallest absolute Gasteiger partial charge is 0.351 e. The average Bonchev–Trinajstić information content (AvgIpc) is 3.20. The van der Waals surface area contributed by atoms with Crippen molar-refractivity contribution in [3.8, 4) is 0 Å². The van der Waals surface area contributed by atoms with Gasteiger partial charge in [0.1, 0.15) is 5.69 Å². The van der Waals surface area contributed by atoms with Gasteiger partial charge in [-0.15, -0.1) is 0 Å². The molecule has 160 valence electrons. The summed E-state index contributed by atoms with van der Waals surface area (Å²) in [5.74, 6) is -1.45. The van der Waals surface area contributed by atoms with Crippen molar-refractivity contribution in [2.24, 2.45) is 0 Å². The van der Waals surface area contributed by atoms with Gasteiger partial charge in [0.05, 0.1) is 11.1 Å². The first-order valence-electron chi connectivity index (χ1n) is 9.40. The maximum Gasteiger partial charge on any atom is 0.431 e. The maximum absolute atomic E-state index is 12.9. The minimum absolute atomic E-state index is 0.142. The average molecular weight is 429 g/mol. The van der Waals surface area contributed by atoms with E-state index in [2.05, 4.69) is 10.3 Å². The number of amides is 3. The number of rotatable bonds is 2. The quantitative estimate of drug-likeness (QED) is 0.573. The van der Waals surface area contributed by atoms with Crippen molar-refractivity contribution in [2.75, 3.05) is 5.32 Å². The molecule has 0 saturated carbocycles. The van der Waals surface area contributed by atoms with E-state index >= 15 is 0 Å². The van der Waals surface area contributed by atoms with Crippen molar-refractivity contribution in [3.63, 3.8) is 0 Å². The standard InChI is InChI=1S/C22H18F3N3O3/c1-21(2,3)28-19(30)14-6-4-11(9-15(14)20(28)31)18(29)26-13-5-7-16-12(8-13)10-17(27-16)22(23,24)25/h4-10,27H,1-3H3,(H,26,29). The predicted octanol–water partition coefficient (Wildman–Crippen LogP) is 4.83. The van der Waals surface area contributed by atoms with Gasteiger partial charge in [0.2, 0.25) is 0 Å². The second-order valence-electron chi connectivity index (χ2n) is 8.31. The molecule has 6 nitrogen and oxygen atoms in total. The highest BCUT2D eigenvalue weighted by Gasteiger charge is 2.42.